The van der Waals surface area contributed by atoms with Crippen molar-refractivity contribution in [2.24, 2.45) is 5.92 Å². The summed E-state index contributed by atoms with van der Waals surface area (Å²) in [7, 11) is 0. The first-order valence-corrected chi connectivity index (χ1v) is 10.7. The molecule has 3 aliphatic heterocycles. The second-order valence-electron chi connectivity index (χ2n) is 8.15. The smallest absolute Gasteiger partial charge is 0.332 e. The number of carbonyl (C=O) groups is 4. The van der Waals surface area contributed by atoms with E-state index in [0.717, 1.165) is 0 Å². The van der Waals surface area contributed by atoms with E-state index in [0.29, 0.717) is 56.0 Å². The van der Waals surface area contributed by atoms with Crippen LogP contribution in [0, 0.1) is 5.92 Å². The van der Waals surface area contributed by atoms with Crippen LogP contribution in [0.1, 0.15) is 32.6 Å². The maximum absolute atomic E-state index is 12.9. The number of piperidine rings is 2. The monoisotopic (exact) mass is 432 g/mol. The van der Waals surface area contributed by atoms with Gasteiger partial charge in [0.2, 0.25) is 11.8 Å². The van der Waals surface area contributed by atoms with Crippen LogP contribution in [0.2, 0.25) is 5.02 Å². The molecule has 3 heterocycles. The molecule has 5 amide bonds. The van der Waals surface area contributed by atoms with E-state index >= 15 is 0 Å². The average Bonchev–Trinajstić information content (AvgIpc) is 2.98. The van der Waals surface area contributed by atoms with Gasteiger partial charge < -0.3 is 15.1 Å². The standard InChI is InChI=1S/C21H25ClN4O4/c1-13(27)24-9-6-14(7-10-24)19(28)23-16-8-11-25-18(12-16)20(29)26(21(25)30)17-4-2-15(22)3-5-17/h2-5,14,16,18H,6-12H2,1H3,(H,23,28). The quantitative estimate of drug-likeness (QED) is 0.740. The third kappa shape index (κ3) is 3.88. The maximum atomic E-state index is 12.9. The maximum Gasteiger partial charge on any atom is 0.332 e. The Kier molecular flexibility index (Phi) is 5.69. The predicted octanol–water partition coefficient (Wildman–Crippen LogP) is 2.01. The average molecular weight is 433 g/mol. The molecule has 30 heavy (non-hydrogen) atoms. The summed E-state index contributed by atoms with van der Waals surface area (Å²) in [5, 5.41) is 3.61. The number of urea groups is 1. The van der Waals surface area contributed by atoms with Crippen LogP contribution in [0.25, 0.3) is 0 Å². The first-order valence-electron chi connectivity index (χ1n) is 10.3. The van der Waals surface area contributed by atoms with Crippen molar-refractivity contribution < 1.29 is 19.2 Å². The summed E-state index contributed by atoms with van der Waals surface area (Å²) in [6, 6.07) is 5.57. The van der Waals surface area contributed by atoms with E-state index in [1.807, 2.05) is 0 Å². The molecule has 2 atom stereocenters. The first-order chi connectivity index (χ1) is 14.3. The molecule has 1 N–H and O–H groups in total. The molecule has 0 aromatic heterocycles. The summed E-state index contributed by atoms with van der Waals surface area (Å²) >= 11 is 5.91. The highest BCUT2D eigenvalue weighted by molar-refractivity contribution is 6.30. The highest BCUT2D eigenvalue weighted by atomic mass is 35.5. The topological polar surface area (TPSA) is 90.0 Å². The summed E-state index contributed by atoms with van der Waals surface area (Å²) in [5.74, 6) is -0.375. The van der Waals surface area contributed by atoms with Crippen molar-refractivity contribution in [1.29, 1.82) is 0 Å². The fourth-order valence-corrected chi connectivity index (χ4v) is 4.66. The number of hydrogen-bond donors (Lipinski definition) is 1. The second-order valence-corrected chi connectivity index (χ2v) is 8.59. The molecule has 160 valence electrons. The Morgan fingerprint density at radius 2 is 1.70 bits per heavy atom. The lowest BCUT2D eigenvalue weighted by molar-refractivity contribution is -0.134. The molecule has 0 aliphatic carbocycles. The molecular weight excluding hydrogens is 408 g/mol. The summed E-state index contributed by atoms with van der Waals surface area (Å²) in [5.41, 5.74) is 0.501. The number of nitrogens with one attached hydrogen (secondary N) is 1. The third-order valence-corrected chi connectivity index (χ3v) is 6.54. The van der Waals surface area contributed by atoms with Gasteiger partial charge in [-0.25, -0.2) is 9.69 Å². The van der Waals surface area contributed by atoms with Crippen molar-refractivity contribution in [1.82, 2.24) is 15.1 Å². The summed E-state index contributed by atoms with van der Waals surface area (Å²) < 4.78 is 0. The Hall–Kier alpha value is -2.61. The van der Waals surface area contributed by atoms with Gasteiger partial charge in [-0.2, -0.15) is 0 Å². The van der Waals surface area contributed by atoms with Gasteiger partial charge >= 0.3 is 6.03 Å². The van der Waals surface area contributed by atoms with Gasteiger partial charge in [-0.3, -0.25) is 14.4 Å². The van der Waals surface area contributed by atoms with Crippen molar-refractivity contribution in [3.8, 4) is 0 Å². The fraction of sp³-hybridized carbons (Fsp3) is 0.524. The zero-order valence-corrected chi connectivity index (χ0v) is 17.6. The molecule has 0 radical (unpaired) electrons. The van der Waals surface area contributed by atoms with E-state index in [2.05, 4.69) is 5.32 Å². The van der Waals surface area contributed by atoms with Crippen LogP contribution >= 0.6 is 11.6 Å². The van der Waals surface area contributed by atoms with Crippen LogP contribution < -0.4 is 10.2 Å². The Morgan fingerprint density at radius 3 is 2.33 bits per heavy atom. The fourth-order valence-electron chi connectivity index (χ4n) is 4.53. The van der Waals surface area contributed by atoms with E-state index in [1.54, 1.807) is 41.0 Å². The van der Waals surface area contributed by atoms with Gasteiger partial charge in [-0.1, -0.05) is 11.6 Å². The third-order valence-electron chi connectivity index (χ3n) is 6.29. The van der Waals surface area contributed by atoms with Gasteiger partial charge in [-0.15, -0.1) is 0 Å². The van der Waals surface area contributed by atoms with Crippen molar-refractivity contribution in [3.63, 3.8) is 0 Å². The molecule has 1 aromatic rings. The van der Waals surface area contributed by atoms with Gasteiger partial charge in [0.1, 0.15) is 6.04 Å². The number of rotatable bonds is 3. The van der Waals surface area contributed by atoms with Crippen molar-refractivity contribution in [3.05, 3.63) is 29.3 Å². The minimum atomic E-state index is -0.563. The highest BCUT2D eigenvalue weighted by Gasteiger charge is 2.48. The van der Waals surface area contributed by atoms with E-state index in [-0.39, 0.29) is 35.7 Å². The first kappa shape index (κ1) is 20.7. The van der Waals surface area contributed by atoms with Crippen LogP contribution in [0.3, 0.4) is 0 Å². The number of carbonyl (C=O) groups excluding carboxylic acids is 4. The second kappa shape index (κ2) is 8.26. The number of anilines is 1. The molecule has 4 rings (SSSR count). The van der Waals surface area contributed by atoms with Gasteiger partial charge in [0.15, 0.2) is 0 Å². The van der Waals surface area contributed by atoms with Crippen LogP contribution in [-0.4, -0.2) is 65.3 Å². The molecular formula is C21H25ClN4O4. The normalized spacial score (nSPS) is 24.8. The van der Waals surface area contributed by atoms with E-state index in [1.165, 1.54) is 4.90 Å². The molecule has 8 nitrogen and oxygen atoms in total. The number of amides is 5. The van der Waals surface area contributed by atoms with Crippen molar-refractivity contribution in [2.45, 2.75) is 44.7 Å². The number of hydrogen-bond acceptors (Lipinski definition) is 4. The Bertz CT molecular complexity index is 866. The van der Waals surface area contributed by atoms with Crippen LogP contribution in [0.5, 0.6) is 0 Å². The lowest BCUT2D eigenvalue weighted by Gasteiger charge is -2.35. The molecule has 0 spiro atoms. The molecule has 3 fully saturated rings. The zero-order chi connectivity index (χ0) is 21.4. The predicted molar refractivity (Wildman–Crippen MR) is 111 cm³/mol. The summed E-state index contributed by atoms with van der Waals surface area (Å²) in [4.78, 5) is 54.4. The lowest BCUT2D eigenvalue weighted by atomic mass is 9.93. The lowest BCUT2D eigenvalue weighted by Crippen LogP contribution is -2.51. The van der Waals surface area contributed by atoms with Gasteiger partial charge in [0, 0.05) is 43.5 Å². The SMILES string of the molecule is CC(=O)N1CCC(C(=O)NC2CCN3C(=O)N(c4ccc(Cl)cc4)C(=O)C3C2)CC1. The van der Waals surface area contributed by atoms with Gasteiger partial charge in [0.25, 0.3) is 5.91 Å². The number of fused-ring (bicyclic) bond motifs is 1. The van der Waals surface area contributed by atoms with Crippen LogP contribution in [0.4, 0.5) is 10.5 Å². The van der Waals surface area contributed by atoms with Crippen molar-refractivity contribution in [2.75, 3.05) is 24.5 Å². The number of nitrogens with zero attached hydrogens (tertiary/aromatic N) is 3. The van der Waals surface area contributed by atoms with Gasteiger partial charge in [0.05, 0.1) is 5.69 Å². The van der Waals surface area contributed by atoms with Crippen LogP contribution in [-0.2, 0) is 14.4 Å². The Balaban J connectivity index is 1.37. The number of imide groups is 1. The molecule has 0 bridgehead atoms. The highest BCUT2D eigenvalue weighted by Crippen LogP contribution is 2.31. The van der Waals surface area contributed by atoms with Crippen LogP contribution in [0.15, 0.2) is 24.3 Å². The molecule has 3 aliphatic rings. The molecule has 1 aromatic carbocycles. The Labute approximate surface area is 180 Å². The number of benzene rings is 1. The molecule has 0 saturated carbocycles. The van der Waals surface area contributed by atoms with Crippen molar-refractivity contribution >= 4 is 41.0 Å². The molecule has 2 unspecified atom stereocenters. The molecule has 9 heteroatoms. The Morgan fingerprint density at radius 1 is 1.03 bits per heavy atom. The number of halogens is 1. The largest absolute Gasteiger partial charge is 0.353 e. The zero-order valence-electron chi connectivity index (χ0n) is 16.8. The van der Waals surface area contributed by atoms with E-state index in [4.69, 9.17) is 11.6 Å². The minimum absolute atomic E-state index is 0.0250. The minimum Gasteiger partial charge on any atom is -0.353 e. The van der Waals surface area contributed by atoms with E-state index in [9.17, 15) is 19.2 Å². The summed E-state index contributed by atoms with van der Waals surface area (Å²) in [6.07, 6.45) is 2.32. The van der Waals surface area contributed by atoms with E-state index < -0.39 is 6.04 Å². The van der Waals surface area contributed by atoms with Gasteiger partial charge in [-0.05, 0) is 49.9 Å². The number of likely N-dealkylation sites (tertiary alicyclic amines) is 1. The summed E-state index contributed by atoms with van der Waals surface area (Å²) in [6.45, 7) is 3.16. The molecule has 3 saturated heterocycles.